The Labute approximate surface area is 91.0 Å². The quantitative estimate of drug-likeness (QED) is 0.385. The summed E-state index contributed by atoms with van der Waals surface area (Å²) < 4.78 is 0. The van der Waals surface area contributed by atoms with Gasteiger partial charge in [-0.25, -0.2) is 0 Å². The van der Waals surface area contributed by atoms with Crippen molar-refractivity contribution in [2.45, 2.75) is 13.8 Å². The highest BCUT2D eigenvalue weighted by Gasteiger charge is 2.28. The fraction of sp³-hybridized carbons (Fsp3) is 0.167. The summed E-state index contributed by atoms with van der Waals surface area (Å²) >= 11 is 6.46. The fourth-order valence-corrected chi connectivity index (χ4v) is 3.82. The monoisotopic (exact) mass is 218 g/mol. The maximum atomic E-state index is 6.46. The number of hydrogen-bond acceptors (Lipinski definition) is 0. The van der Waals surface area contributed by atoms with Crippen molar-refractivity contribution < 1.29 is 0 Å². The molecule has 0 saturated heterocycles. The maximum absolute atomic E-state index is 6.46. The lowest BCUT2D eigenvalue weighted by Gasteiger charge is -2.10. The zero-order valence-electron chi connectivity index (χ0n) is 8.26. The van der Waals surface area contributed by atoms with E-state index < -0.39 is 7.38 Å². The molecule has 1 aromatic carbocycles. The molecule has 14 heavy (non-hydrogen) atoms. The Morgan fingerprint density at radius 3 is 1.93 bits per heavy atom. The van der Waals surface area contributed by atoms with Gasteiger partial charge in [-0.2, -0.15) is 0 Å². The van der Waals surface area contributed by atoms with Crippen LogP contribution in [0.25, 0.3) is 0 Å². The van der Waals surface area contributed by atoms with E-state index in [1.54, 1.807) is 13.8 Å². The van der Waals surface area contributed by atoms with Gasteiger partial charge in [0.25, 0.3) is 0 Å². The first-order valence-corrected chi connectivity index (χ1v) is 7.36. The van der Waals surface area contributed by atoms with E-state index in [9.17, 15) is 0 Å². The summed E-state index contributed by atoms with van der Waals surface area (Å²) in [6, 6.07) is 9.89. The van der Waals surface area contributed by atoms with Gasteiger partial charge in [0, 0.05) is 0 Å². The molecule has 0 N–H and O–H groups in total. The van der Waals surface area contributed by atoms with Crippen LogP contribution in [0.15, 0.2) is 30.3 Å². The molecule has 0 saturated carbocycles. The summed E-state index contributed by atoms with van der Waals surface area (Å²) in [5.74, 6) is 5.74. The molecule has 0 atom stereocenters. The summed E-state index contributed by atoms with van der Waals surface area (Å²) in [5, 5.41) is 1.06. The van der Waals surface area contributed by atoms with E-state index in [0.717, 1.165) is 5.19 Å². The van der Waals surface area contributed by atoms with Gasteiger partial charge in [-0.1, -0.05) is 41.4 Å². The second kappa shape index (κ2) is 4.91. The topological polar surface area (TPSA) is 0 Å². The second-order valence-electron chi connectivity index (χ2n) is 2.77. The van der Waals surface area contributed by atoms with Gasteiger partial charge in [0.1, 0.15) is 0 Å². The summed E-state index contributed by atoms with van der Waals surface area (Å²) in [4.78, 5) is 0. The molecule has 1 aromatic rings. The van der Waals surface area contributed by atoms with Gasteiger partial charge in [0.05, 0.1) is 0 Å². The van der Waals surface area contributed by atoms with Crippen molar-refractivity contribution in [2.75, 3.05) is 0 Å². The highest BCUT2D eigenvalue weighted by molar-refractivity contribution is 7.35. The predicted molar refractivity (Wildman–Crippen MR) is 64.6 cm³/mol. The average Bonchev–Trinajstić information content (AvgIpc) is 2.20. The first-order valence-electron chi connectivity index (χ1n) is 4.35. The minimum absolute atomic E-state index is 1.06. The highest BCUT2D eigenvalue weighted by atomic mass is 35.6. The fourth-order valence-electron chi connectivity index (χ4n) is 1.19. The van der Waals surface area contributed by atoms with Crippen molar-refractivity contribution in [3.8, 4) is 22.9 Å². The molecule has 0 aliphatic carbocycles. The van der Waals surface area contributed by atoms with Crippen LogP contribution in [0.5, 0.6) is 0 Å². The van der Waals surface area contributed by atoms with Crippen LogP contribution >= 0.6 is 11.1 Å². The van der Waals surface area contributed by atoms with Crippen LogP contribution < -0.4 is 5.19 Å². The van der Waals surface area contributed by atoms with Gasteiger partial charge in [0.2, 0.25) is 0 Å². The minimum atomic E-state index is -2.38. The predicted octanol–water partition coefficient (Wildman–Crippen LogP) is 2.20. The molecule has 70 valence electrons. The van der Waals surface area contributed by atoms with Gasteiger partial charge in [-0.3, -0.25) is 0 Å². The third kappa shape index (κ3) is 2.42. The number of hydrogen-bond donors (Lipinski definition) is 0. The van der Waals surface area contributed by atoms with Crippen molar-refractivity contribution in [1.82, 2.24) is 0 Å². The van der Waals surface area contributed by atoms with E-state index in [0.29, 0.717) is 0 Å². The van der Waals surface area contributed by atoms with E-state index >= 15 is 0 Å². The summed E-state index contributed by atoms with van der Waals surface area (Å²) in [6.45, 7) is 3.59. The van der Waals surface area contributed by atoms with Crippen LogP contribution in [-0.4, -0.2) is 7.38 Å². The van der Waals surface area contributed by atoms with E-state index in [2.05, 4.69) is 22.9 Å². The Kier molecular flexibility index (Phi) is 3.83. The Bertz CT molecular complexity index is 394. The molecular weight excluding hydrogens is 208 g/mol. The average molecular weight is 219 g/mol. The molecule has 0 nitrogen and oxygen atoms in total. The lowest BCUT2D eigenvalue weighted by molar-refractivity contribution is 1.76. The zero-order chi connectivity index (χ0) is 10.4. The molecule has 1 rings (SSSR count). The molecule has 0 heterocycles. The van der Waals surface area contributed by atoms with Gasteiger partial charge in [-0.15, -0.1) is 22.9 Å². The van der Waals surface area contributed by atoms with Gasteiger partial charge in [-0.05, 0) is 19.0 Å². The highest BCUT2D eigenvalue weighted by Crippen LogP contribution is 2.07. The van der Waals surface area contributed by atoms with Crippen molar-refractivity contribution in [2.24, 2.45) is 0 Å². The molecule has 2 heteroatoms. The van der Waals surface area contributed by atoms with E-state index in [-0.39, 0.29) is 0 Å². The Balaban J connectivity index is 3.21. The zero-order valence-corrected chi connectivity index (χ0v) is 10.0. The third-order valence-corrected chi connectivity index (χ3v) is 5.31. The SMILES string of the molecule is CC#C[Si](Cl)(C#CC)c1ccccc1. The molecule has 0 spiro atoms. The van der Waals surface area contributed by atoms with Crippen LogP contribution in [0, 0.1) is 22.9 Å². The molecule has 0 amide bonds. The van der Waals surface area contributed by atoms with Crippen LogP contribution in [0.4, 0.5) is 0 Å². The summed E-state index contributed by atoms with van der Waals surface area (Å²) in [5.41, 5.74) is 6.11. The Morgan fingerprint density at radius 1 is 1.00 bits per heavy atom. The van der Waals surface area contributed by atoms with Crippen molar-refractivity contribution in [1.29, 1.82) is 0 Å². The normalized spacial score (nSPS) is 9.36. The lowest BCUT2D eigenvalue weighted by atomic mass is 10.4. The Morgan fingerprint density at radius 2 is 1.50 bits per heavy atom. The number of rotatable bonds is 1. The largest absolute Gasteiger partial charge is 0.339 e. The third-order valence-electron chi connectivity index (χ3n) is 1.77. The molecule has 0 radical (unpaired) electrons. The number of halogens is 1. The molecule has 0 unspecified atom stereocenters. The maximum Gasteiger partial charge on any atom is 0.339 e. The van der Waals surface area contributed by atoms with Crippen molar-refractivity contribution >= 4 is 23.6 Å². The summed E-state index contributed by atoms with van der Waals surface area (Å²) in [7, 11) is -2.38. The van der Waals surface area contributed by atoms with Crippen LogP contribution in [0.3, 0.4) is 0 Å². The summed E-state index contributed by atoms with van der Waals surface area (Å²) in [6.07, 6.45) is 0. The van der Waals surface area contributed by atoms with Gasteiger partial charge < -0.3 is 0 Å². The van der Waals surface area contributed by atoms with Crippen molar-refractivity contribution in [3.63, 3.8) is 0 Å². The van der Waals surface area contributed by atoms with E-state index in [1.807, 2.05) is 30.3 Å². The first-order chi connectivity index (χ1) is 6.73. The Hall–Kier alpha value is -1.15. The smallest absolute Gasteiger partial charge is 0.128 e. The van der Waals surface area contributed by atoms with Crippen LogP contribution in [0.2, 0.25) is 0 Å². The van der Waals surface area contributed by atoms with Gasteiger partial charge >= 0.3 is 7.38 Å². The molecule has 0 aliphatic rings. The van der Waals surface area contributed by atoms with Gasteiger partial charge in [0.15, 0.2) is 0 Å². The molecule has 0 aliphatic heterocycles. The number of benzene rings is 1. The molecular formula is C12H11ClSi. The van der Waals surface area contributed by atoms with Crippen molar-refractivity contribution in [3.05, 3.63) is 30.3 Å². The first kappa shape index (κ1) is 10.9. The van der Waals surface area contributed by atoms with Crippen LogP contribution in [0.1, 0.15) is 13.8 Å². The minimum Gasteiger partial charge on any atom is -0.128 e. The molecule has 0 bridgehead atoms. The standard InChI is InChI=1S/C12H11ClSi/c1-3-10-14(13,11-4-2)12-8-6-5-7-9-12/h5-9H,1-2H3. The molecule has 0 fully saturated rings. The molecule has 0 aromatic heterocycles. The van der Waals surface area contributed by atoms with Crippen LogP contribution in [-0.2, 0) is 0 Å². The lowest BCUT2D eigenvalue weighted by Crippen LogP contribution is -2.40. The second-order valence-corrected chi connectivity index (χ2v) is 6.87. The van der Waals surface area contributed by atoms with E-state index in [1.165, 1.54) is 0 Å². The van der Waals surface area contributed by atoms with E-state index in [4.69, 9.17) is 11.1 Å².